The molecule has 0 fully saturated rings. The van der Waals surface area contributed by atoms with E-state index in [1.54, 1.807) is 41.6 Å². The Labute approximate surface area is 159 Å². The molecule has 0 saturated carbocycles. The second-order valence-electron chi connectivity index (χ2n) is 5.56. The fourth-order valence-electron chi connectivity index (χ4n) is 2.66. The topological polar surface area (TPSA) is 87.7 Å². The van der Waals surface area contributed by atoms with Gasteiger partial charge in [-0.05, 0) is 38.1 Å². The summed E-state index contributed by atoms with van der Waals surface area (Å²) in [6.07, 6.45) is 1.56. The normalized spacial score (nSPS) is 11.7. The highest BCUT2D eigenvalue weighted by Gasteiger charge is 2.15. The van der Waals surface area contributed by atoms with E-state index in [1.807, 2.05) is 19.1 Å². The number of hydrogen-bond donors (Lipinski definition) is 0. The Balaban J connectivity index is 2.12. The molecule has 0 unspecified atom stereocenters. The van der Waals surface area contributed by atoms with Crippen LogP contribution in [0.2, 0.25) is 0 Å². The number of thiazole rings is 1. The molecule has 0 N–H and O–H groups in total. The van der Waals surface area contributed by atoms with Crippen molar-refractivity contribution in [3.63, 3.8) is 0 Å². The molecule has 0 saturated heterocycles. The highest BCUT2D eigenvalue weighted by atomic mass is 32.1. The van der Waals surface area contributed by atoms with Crippen molar-refractivity contribution in [2.45, 2.75) is 26.9 Å². The molecule has 8 nitrogen and oxygen atoms in total. The first-order valence-corrected chi connectivity index (χ1v) is 9.32. The number of rotatable bonds is 6. The van der Waals surface area contributed by atoms with Gasteiger partial charge in [0, 0.05) is 12.7 Å². The molecular weight excluding hydrogens is 368 g/mol. The van der Waals surface area contributed by atoms with Crippen LogP contribution in [0.15, 0.2) is 35.5 Å². The first kappa shape index (κ1) is 18.8. The van der Waals surface area contributed by atoms with Gasteiger partial charge in [-0.3, -0.25) is 14.3 Å². The van der Waals surface area contributed by atoms with Crippen molar-refractivity contribution >= 4 is 33.4 Å². The van der Waals surface area contributed by atoms with Crippen LogP contribution in [0.1, 0.15) is 24.3 Å². The number of aryl methyl sites for hydroxylation is 1. The number of carbonyl (C=O) groups excluding carboxylic acids is 2. The van der Waals surface area contributed by atoms with E-state index in [1.165, 1.54) is 11.3 Å². The van der Waals surface area contributed by atoms with Gasteiger partial charge in [0.25, 0.3) is 5.91 Å². The summed E-state index contributed by atoms with van der Waals surface area (Å²) in [7, 11) is 1.59. The predicted octanol–water partition coefficient (Wildman–Crippen LogP) is 2.23. The summed E-state index contributed by atoms with van der Waals surface area (Å²) in [5.74, 6) is -0.111. The van der Waals surface area contributed by atoms with E-state index >= 15 is 0 Å². The molecule has 27 heavy (non-hydrogen) atoms. The number of carbonyl (C=O) groups is 2. The van der Waals surface area contributed by atoms with Gasteiger partial charge >= 0.3 is 5.97 Å². The van der Waals surface area contributed by atoms with E-state index in [9.17, 15) is 9.59 Å². The Kier molecular flexibility index (Phi) is 5.70. The first-order valence-electron chi connectivity index (χ1n) is 8.51. The van der Waals surface area contributed by atoms with Crippen molar-refractivity contribution in [3.05, 3.63) is 41.0 Å². The van der Waals surface area contributed by atoms with Gasteiger partial charge in [0.1, 0.15) is 18.0 Å². The average Bonchev–Trinajstić information content (AvgIpc) is 3.26. The van der Waals surface area contributed by atoms with Crippen LogP contribution in [0.25, 0.3) is 10.2 Å². The van der Waals surface area contributed by atoms with Crippen molar-refractivity contribution in [2.24, 2.45) is 4.99 Å². The maximum atomic E-state index is 12.6. The molecule has 2 aromatic heterocycles. The Morgan fingerprint density at radius 3 is 2.78 bits per heavy atom. The third-order valence-corrected chi connectivity index (χ3v) is 4.96. The third-order valence-electron chi connectivity index (χ3n) is 3.91. The van der Waals surface area contributed by atoms with Gasteiger partial charge in [0.15, 0.2) is 4.80 Å². The Morgan fingerprint density at radius 1 is 1.26 bits per heavy atom. The van der Waals surface area contributed by atoms with Crippen molar-refractivity contribution in [1.82, 2.24) is 14.3 Å². The number of methoxy groups -OCH3 is 1. The SMILES string of the molecule is CCOC(=O)Cn1c(=NC(=O)c2ccnn2CC)sc2cc(OC)ccc21. The number of hydrogen-bond acceptors (Lipinski definition) is 6. The van der Waals surface area contributed by atoms with Crippen molar-refractivity contribution in [3.8, 4) is 5.75 Å². The smallest absolute Gasteiger partial charge is 0.326 e. The maximum absolute atomic E-state index is 12.6. The molecule has 3 aromatic rings. The lowest BCUT2D eigenvalue weighted by atomic mass is 10.3. The summed E-state index contributed by atoms with van der Waals surface area (Å²) < 4.78 is 14.4. The van der Waals surface area contributed by atoms with Gasteiger partial charge in [-0.2, -0.15) is 10.1 Å². The highest BCUT2D eigenvalue weighted by Crippen LogP contribution is 2.23. The number of amides is 1. The quantitative estimate of drug-likeness (QED) is 0.604. The molecule has 0 radical (unpaired) electrons. The van der Waals surface area contributed by atoms with Gasteiger partial charge < -0.3 is 14.0 Å². The number of ether oxygens (including phenoxy) is 2. The summed E-state index contributed by atoms with van der Waals surface area (Å²) in [5.41, 5.74) is 1.18. The Bertz CT molecular complexity index is 1050. The molecule has 2 heterocycles. The predicted molar refractivity (Wildman–Crippen MR) is 101 cm³/mol. The Hall–Kier alpha value is -2.94. The number of aromatic nitrogens is 3. The van der Waals surface area contributed by atoms with E-state index in [0.29, 0.717) is 22.8 Å². The van der Waals surface area contributed by atoms with Gasteiger partial charge in [-0.15, -0.1) is 0 Å². The van der Waals surface area contributed by atoms with Crippen LogP contribution in [-0.2, 0) is 22.6 Å². The molecule has 0 aliphatic rings. The lowest BCUT2D eigenvalue weighted by Gasteiger charge is -2.06. The molecule has 142 valence electrons. The number of esters is 1. The summed E-state index contributed by atoms with van der Waals surface area (Å²) >= 11 is 1.31. The lowest BCUT2D eigenvalue weighted by Crippen LogP contribution is -2.23. The van der Waals surface area contributed by atoms with E-state index in [2.05, 4.69) is 10.1 Å². The fourth-order valence-corrected chi connectivity index (χ4v) is 3.72. The molecule has 1 amide bonds. The van der Waals surface area contributed by atoms with Gasteiger partial charge in [-0.25, -0.2) is 0 Å². The van der Waals surface area contributed by atoms with Crippen LogP contribution in [0.3, 0.4) is 0 Å². The zero-order valence-electron chi connectivity index (χ0n) is 15.3. The van der Waals surface area contributed by atoms with Crippen LogP contribution in [-0.4, -0.2) is 39.9 Å². The lowest BCUT2D eigenvalue weighted by molar-refractivity contribution is -0.143. The molecule has 0 bridgehead atoms. The molecule has 0 aliphatic heterocycles. The van der Waals surface area contributed by atoms with Crippen LogP contribution in [0, 0.1) is 0 Å². The van der Waals surface area contributed by atoms with E-state index in [4.69, 9.17) is 9.47 Å². The summed E-state index contributed by atoms with van der Waals surface area (Å²) in [4.78, 5) is 29.3. The summed E-state index contributed by atoms with van der Waals surface area (Å²) in [6, 6.07) is 7.11. The fraction of sp³-hybridized carbons (Fsp3) is 0.333. The van der Waals surface area contributed by atoms with Crippen molar-refractivity contribution in [2.75, 3.05) is 13.7 Å². The zero-order chi connectivity index (χ0) is 19.4. The summed E-state index contributed by atoms with van der Waals surface area (Å²) in [5, 5.41) is 4.10. The van der Waals surface area contributed by atoms with Crippen LogP contribution in [0.5, 0.6) is 5.75 Å². The van der Waals surface area contributed by atoms with E-state index < -0.39 is 5.91 Å². The summed E-state index contributed by atoms with van der Waals surface area (Å²) in [6.45, 7) is 4.47. The molecular formula is C18H20N4O4S. The maximum Gasteiger partial charge on any atom is 0.326 e. The standard InChI is InChI=1S/C18H20N4O4S/c1-4-22-14(8-9-19-22)17(24)20-18-21(11-16(23)26-5-2)13-7-6-12(25-3)10-15(13)27-18/h6-10H,4-5,11H2,1-3H3. The minimum absolute atomic E-state index is 0.0285. The first-order chi connectivity index (χ1) is 13.1. The minimum atomic E-state index is -0.412. The van der Waals surface area contributed by atoms with E-state index in [-0.39, 0.29) is 19.1 Å². The molecule has 9 heteroatoms. The molecule has 3 rings (SSSR count). The minimum Gasteiger partial charge on any atom is -0.497 e. The molecule has 0 aliphatic carbocycles. The monoisotopic (exact) mass is 388 g/mol. The van der Waals surface area contributed by atoms with Crippen molar-refractivity contribution < 1.29 is 19.1 Å². The highest BCUT2D eigenvalue weighted by molar-refractivity contribution is 7.16. The second kappa shape index (κ2) is 8.17. The molecule has 0 spiro atoms. The number of nitrogens with zero attached hydrogens (tertiary/aromatic N) is 4. The zero-order valence-corrected chi connectivity index (χ0v) is 16.2. The third kappa shape index (κ3) is 3.92. The largest absolute Gasteiger partial charge is 0.497 e. The van der Waals surface area contributed by atoms with Gasteiger partial charge in [0.2, 0.25) is 0 Å². The van der Waals surface area contributed by atoms with Crippen LogP contribution in [0.4, 0.5) is 0 Å². The number of benzene rings is 1. The molecule has 0 atom stereocenters. The van der Waals surface area contributed by atoms with Crippen LogP contribution >= 0.6 is 11.3 Å². The van der Waals surface area contributed by atoms with Crippen molar-refractivity contribution in [1.29, 1.82) is 0 Å². The number of fused-ring (bicyclic) bond motifs is 1. The molecule has 1 aromatic carbocycles. The Morgan fingerprint density at radius 2 is 2.07 bits per heavy atom. The van der Waals surface area contributed by atoms with Crippen LogP contribution < -0.4 is 9.54 Å². The average molecular weight is 388 g/mol. The van der Waals surface area contributed by atoms with Gasteiger partial charge in [-0.1, -0.05) is 11.3 Å². The second-order valence-corrected chi connectivity index (χ2v) is 6.57. The van der Waals surface area contributed by atoms with E-state index in [0.717, 1.165) is 10.2 Å². The van der Waals surface area contributed by atoms with Gasteiger partial charge in [0.05, 0.1) is 23.9 Å².